The van der Waals surface area contributed by atoms with Crippen molar-refractivity contribution in [3.8, 4) is 11.5 Å². The van der Waals surface area contributed by atoms with Crippen molar-refractivity contribution in [2.24, 2.45) is 4.99 Å². The van der Waals surface area contributed by atoms with Crippen LogP contribution in [-0.4, -0.2) is 51.3 Å². The molecule has 3 rings (SSSR count). The van der Waals surface area contributed by atoms with E-state index >= 15 is 0 Å². The molecule has 0 aliphatic carbocycles. The van der Waals surface area contributed by atoms with Crippen LogP contribution >= 0.6 is 35.3 Å². The summed E-state index contributed by atoms with van der Waals surface area (Å²) in [6.07, 6.45) is 2.57. The largest absolute Gasteiger partial charge is 0.493 e. The van der Waals surface area contributed by atoms with Gasteiger partial charge < -0.3 is 20.1 Å². The van der Waals surface area contributed by atoms with Gasteiger partial charge in [0.15, 0.2) is 17.5 Å². The van der Waals surface area contributed by atoms with Crippen molar-refractivity contribution in [3.63, 3.8) is 0 Å². The Balaban J connectivity index is 0.00000320. The van der Waals surface area contributed by atoms with Crippen molar-refractivity contribution in [1.29, 1.82) is 0 Å². The van der Waals surface area contributed by atoms with Gasteiger partial charge in [0.25, 0.3) is 0 Å². The third-order valence-electron chi connectivity index (χ3n) is 5.13. The fourth-order valence-electron chi connectivity index (χ4n) is 3.64. The Kier molecular flexibility index (Phi) is 10.7. The molecule has 0 saturated carbocycles. The Labute approximate surface area is 201 Å². The van der Waals surface area contributed by atoms with E-state index in [9.17, 15) is 0 Å². The fourth-order valence-corrected chi connectivity index (χ4v) is 4.50. The smallest absolute Gasteiger partial charge is 0.191 e. The first-order valence-corrected chi connectivity index (χ1v) is 11.1. The molecule has 1 unspecified atom stereocenters. The van der Waals surface area contributed by atoms with Crippen LogP contribution in [0.25, 0.3) is 0 Å². The van der Waals surface area contributed by atoms with Gasteiger partial charge in [-0.15, -0.1) is 35.3 Å². The number of halogens is 1. The maximum absolute atomic E-state index is 5.59. The topological polar surface area (TPSA) is 58.1 Å². The molecule has 1 aliphatic heterocycles. The van der Waals surface area contributed by atoms with Crippen molar-refractivity contribution in [3.05, 3.63) is 46.2 Å². The van der Waals surface area contributed by atoms with Gasteiger partial charge in [-0.3, -0.25) is 9.89 Å². The molecular formula is C22H33IN4O2S. The highest BCUT2D eigenvalue weighted by atomic mass is 127. The van der Waals surface area contributed by atoms with Gasteiger partial charge in [-0.1, -0.05) is 12.1 Å². The number of thiophene rings is 1. The van der Waals surface area contributed by atoms with Crippen LogP contribution in [0.3, 0.4) is 0 Å². The molecule has 1 atom stereocenters. The Morgan fingerprint density at radius 2 is 2.00 bits per heavy atom. The summed E-state index contributed by atoms with van der Waals surface area (Å²) >= 11 is 1.83. The molecule has 1 aliphatic rings. The van der Waals surface area contributed by atoms with Crippen LogP contribution in [0.15, 0.2) is 40.7 Å². The predicted molar refractivity (Wildman–Crippen MR) is 136 cm³/mol. The molecule has 2 N–H and O–H groups in total. The lowest BCUT2D eigenvalue weighted by atomic mass is 10.2. The number of aliphatic imine (C=N–C) groups is 1. The van der Waals surface area contributed by atoms with Gasteiger partial charge in [0, 0.05) is 25.0 Å². The van der Waals surface area contributed by atoms with Gasteiger partial charge in [-0.2, -0.15) is 0 Å². The maximum Gasteiger partial charge on any atom is 0.191 e. The van der Waals surface area contributed by atoms with Crippen LogP contribution in [0.4, 0.5) is 0 Å². The molecule has 1 saturated heterocycles. The van der Waals surface area contributed by atoms with Crippen LogP contribution in [0.1, 0.15) is 36.2 Å². The van der Waals surface area contributed by atoms with Gasteiger partial charge in [0.2, 0.25) is 0 Å². The van der Waals surface area contributed by atoms with E-state index in [1.165, 1.54) is 30.8 Å². The second-order valence-corrected chi connectivity index (χ2v) is 7.98. The first-order chi connectivity index (χ1) is 14.2. The van der Waals surface area contributed by atoms with E-state index in [2.05, 4.69) is 38.0 Å². The summed E-state index contributed by atoms with van der Waals surface area (Å²) in [5.74, 6) is 2.32. The summed E-state index contributed by atoms with van der Waals surface area (Å²) in [6.45, 7) is 6.43. The summed E-state index contributed by atoms with van der Waals surface area (Å²) in [7, 11) is 3.47. The molecule has 0 bridgehead atoms. The normalized spacial score (nSPS) is 15.4. The molecule has 0 amide bonds. The standard InChI is InChI=1S/C22H32N4O2S.HI/c1-4-28-19-10-9-17(14-20(19)27-3)15-24-22(23-2)25-16-18(21-8-7-13-29-21)26-11-5-6-12-26;/h7-10,13-14,18H,4-6,11-12,15-16H2,1-3H3,(H2,23,24,25);1H. The minimum Gasteiger partial charge on any atom is -0.493 e. The quantitative estimate of drug-likeness (QED) is 0.281. The van der Waals surface area contributed by atoms with E-state index in [1.807, 2.05) is 43.5 Å². The number of likely N-dealkylation sites (tertiary alicyclic amines) is 1. The molecule has 1 fully saturated rings. The van der Waals surface area contributed by atoms with Gasteiger partial charge >= 0.3 is 0 Å². The average molecular weight is 545 g/mol. The Bertz CT molecular complexity index is 779. The molecular weight excluding hydrogens is 511 g/mol. The molecule has 30 heavy (non-hydrogen) atoms. The summed E-state index contributed by atoms with van der Waals surface area (Å²) < 4.78 is 11.0. The first-order valence-electron chi connectivity index (χ1n) is 10.3. The summed E-state index contributed by atoms with van der Waals surface area (Å²) in [5.41, 5.74) is 1.11. The van der Waals surface area contributed by atoms with Crippen LogP contribution in [0.5, 0.6) is 11.5 Å². The number of ether oxygens (including phenoxy) is 2. The predicted octanol–water partition coefficient (Wildman–Crippen LogP) is 4.28. The van der Waals surface area contributed by atoms with E-state index in [4.69, 9.17) is 9.47 Å². The van der Waals surface area contributed by atoms with Crippen molar-refractivity contribution in [1.82, 2.24) is 15.5 Å². The summed E-state index contributed by atoms with van der Waals surface area (Å²) in [4.78, 5) is 8.38. The lowest BCUT2D eigenvalue weighted by Gasteiger charge is -2.27. The van der Waals surface area contributed by atoms with Gasteiger partial charge in [-0.25, -0.2) is 0 Å². The summed E-state index contributed by atoms with van der Waals surface area (Å²) in [5, 5.41) is 9.08. The number of methoxy groups -OCH3 is 1. The second kappa shape index (κ2) is 13.0. The zero-order chi connectivity index (χ0) is 20.5. The third kappa shape index (κ3) is 6.75. The van der Waals surface area contributed by atoms with E-state index in [-0.39, 0.29) is 24.0 Å². The van der Waals surface area contributed by atoms with Crippen molar-refractivity contribution in [2.45, 2.75) is 32.4 Å². The Hall–Kier alpha value is -1.52. The maximum atomic E-state index is 5.59. The third-order valence-corrected chi connectivity index (χ3v) is 6.10. The highest BCUT2D eigenvalue weighted by Gasteiger charge is 2.24. The van der Waals surface area contributed by atoms with Crippen molar-refractivity contribution in [2.75, 3.05) is 40.4 Å². The average Bonchev–Trinajstić information content (AvgIpc) is 3.46. The Morgan fingerprint density at radius 3 is 2.63 bits per heavy atom. The summed E-state index contributed by atoms with van der Waals surface area (Å²) in [6, 6.07) is 10.8. The second-order valence-electron chi connectivity index (χ2n) is 7.00. The van der Waals surface area contributed by atoms with Crippen LogP contribution in [-0.2, 0) is 6.54 Å². The highest BCUT2D eigenvalue weighted by molar-refractivity contribution is 14.0. The number of benzene rings is 1. The highest BCUT2D eigenvalue weighted by Crippen LogP contribution is 2.29. The molecule has 8 heteroatoms. The lowest BCUT2D eigenvalue weighted by molar-refractivity contribution is 0.249. The zero-order valence-electron chi connectivity index (χ0n) is 18.0. The van der Waals surface area contributed by atoms with E-state index in [1.54, 1.807) is 7.11 Å². The molecule has 1 aromatic carbocycles. The van der Waals surface area contributed by atoms with Gasteiger partial charge in [0.1, 0.15) is 0 Å². The van der Waals surface area contributed by atoms with Crippen molar-refractivity contribution >= 4 is 41.3 Å². The minimum absolute atomic E-state index is 0. The van der Waals surface area contributed by atoms with E-state index in [0.29, 0.717) is 19.2 Å². The number of nitrogens with zero attached hydrogens (tertiary/aromatic N) is 2. The van der Waals surface area contributed by atoms with Gasteiger partial charge in [-0.05, 0) is 62.0 Å². The monoisotopic (exact) mass is 544 g/mol. The van der Waals surface area contributed by atoms with Crippen LogP contribution in [0.2, 0.25) is 0 Å². The molecule has 6 nitrogen and oxygen atoms in total. The number of hydrogen-bond acceptors (Lipinski definition) is 5. The molecule has 1 aromatic heterocycles. The van der Waals surface area contributed by atoms with Crippen LogP contribution < -0.4 is 20.1 Å². The molecule has 0 radical (unpaired) electrons. The number of rotatable bonds is 9. The molecule has 2 aromatic rings. The fraction of sp³-hybridized carbons (Fsp3) is 0.500. The van der Waals surface area contributed by atoms with Crippen molar-refractivity contribution < 1.29 is 9.47 Å². The number of nitrogens with one attached hydrogen (secondary N) is 2. The SMILES string of the molecule is CCOc1ccc(CNC(=NC)NCC(c2cccs2)N2CCCC2)cc1OC.I. The van der Waals surface area contributed by atoms with E-state index < -0.39 is 0 Å². The van der Waals surface area contributed by atoms with E-state index in [0.717, 1.165) is 29.6 Å². The lowest BCUT2D eigenvalue weighted by Crippen LogP contribution is -2.42. The molecule has 0 spiro atoms. The van der Waals surface area contributed by atoms with Gasteiger partial charge in [0.05, 0.1) is 19.8 Å². The van der Waals surface area contributed by atoms with Crippen LogP contribution in [0, 0.1) is 0 Å². The number of guanidine groups is 1. The number of hydrogen-bond donors (Lipinski definition) is 2. The zero-order valence-corrected chi connectivity index (χ0v) is 21.2. The minimum atomic E-state index is 0. The first kappa shape index (κ1) is 24.7. The Morgan fingerprint density at radius 1 is 1.20 bits per heavy atom. The molecule has 2 heterocycles. The molecule has 166 valence electrons.